The molecule has 1 atom stereocenters. The van der Waals surface area contributed by atoms with Crippen LogP contribution in [0.3, 0.4) is 0 Å². The summed E-state index contributed by atoms with van der Waals surface area (Å²) in [5.41, 5.74) is 0. The van der Waals surface area contributed by atoms with Crippen LogP contribution in [0, 0.1) is 5.92 Å². The van der Waals surface area contributed by atoms with Crippen molar-refractivity contribution in [2.45, 2.75) is 26.7 Å². The summed E-state index contributed by atoms with van der Waals surface area (Å²) >= 11 is 5.20. The molecule has 0 amide bonds. The first-order valence-corrected chi connectivity index (χ1v) is 4.30. The van der Waals surface area contributed by atoms with Crippen LogP contribution in [0.1, 0.15) is 26.7 Å². The van der Waals surface area contributed by atoms with Crippen molar-refractivity contribution in [2.75, 3.05) is 6.61 Å². The summed E-state index contributed by atoms with van der Waals surface area (Å²) in [6, 6.07) is 0. The highest BCUT2D eigenvalue weighted by Crippen LogP contribution is 2.09. The average Bonchev–Trinajstić information content (AvgIpc) is 2.00. The van der Waals surface area contributed by atoms with Crippen LogP contribution >= 0.6 is 11.6 Å². The van der Waals surface area contributed by atoms with Gasteiger partial charge in [-0.2, -0.15) is 0 Å². The van der Waals surface area contributed by atoms with E-state index in [1.165, 1.54) is 0 Å². The van der Waals surface area contributed by atoms with Crippen LogP contribution in [0.4, 0.5) is 0 Å². The van der Waals surface area contributed by atoms with E-state index in [9.17, 15) is 9.59 Å². The van der Waals surface area contributed by atoms with E-state index in [2.05, 4.69) is 4.74 Å². The number of ether oxygens (including phenoxy) is 1. The standard InChI is InChI=1S/C8H13ClO3/c1-3-12-7(10)5-4-6(2)8(9)11/h6H,3-5H2,1-2H3. The van der Waals surface area contributed by atoms with E-state index in [0.717, 1.165) is 0 Å². The molecule has 0 bridgehead atoms. The molecule has 70 valence electrons. The Morgan fingerprint density at radius 1 is 1.50 bits per heavy atom. The fourth-order valence-corrected chi connectivity index (χ4v) is 0.790. The topological polar surface area (TPSA) is 43.4 Å². The Kier molecular flexibility index (Phi) is 5.72. The maximum absolute atomic E-state index is 10.8. The number of hydrogen-bond acceptors (Lipinski definition) is 3. The summed E-state index contributed by atoms with van der Waals surface area (Å²) in [4.78, 5) is 21.3. The molecule has 0 aliphatic heterocycles. The third-order valence-electron chi connectivity index (χ3n) is 1.47. The molecule has 0 aromatic carbocycles. The normalized spacial score (nSPS) is 12.2. The summed E-state index contributed by atoms with van der Waals surface area (Å²) in [5, 5.41) is -0.403. The number of halogens is 1. The van der Waals surface area contributed by atoms with E-state index in [-0.39, 0.29) is 18.3 Å². The Balaban J connectivity index is 3.54. The van der Waals surface area contributed by atoms with Gasteiger partial charge >= 0.3 is 5.97 Å². The highest BCUT2D eigenvalue weighted by Gasteiger charge is 2.12. The molecule has 0 fully saturated rings. The van der Waals surface area contributed by atoms with Gasteiger partial charge in [0.15, 0.2) is 0 Å². The molecule has 4 heteroatoms. The fraction of sp³-hybridized carbons (Fsp3) is 0.750. The number of hydrogen-bond donors (Lipinski definition) is 0. The van der Waals surface area contributed by atoms with Gasteiger partial charge in [-0.1, -0.05) is 6.92 Å². The van der Waals surface area contributed by atoms with Crippen molar-refractivity contribution < 1.29 is 14.3 Å². The fourth-order valence-electron chi connectivity index (χ4n) is 0.681. The number of rotatable bonds is 5. The van der Waals surface area contributed by atoms with Gasteiger partial charge in [0.25, 0.3) is 0 Å². The molecular formula is C8H13ClO3. The summed E-state index contributed by atoms with van der Waals surface area (Å²) in [6.07, 6.45) is 0.717. The number of carbonyl (C=O) groups excluding carboxylic acids is 2. The van der Waals surface area contributed by atoms with Crippen LogP contribution in [0.25, 0.3) is 0 Å². The third-order valence-corrected chi connectivity index (χ3v) is 1.85. The minimum atomic E-state index is -0.403. The second kappa shape index (κ2) is 6.00. The predicted octanol–water partition coefficient (Wildman–Crippen LogP) is 1.73. The van der Waals surface area contributed by atoms with E-state index < -0.39 is 5.24 Å². The molecule has 0 N–H and O–H groups in total. The Bertz CT molecular complexity index is 168. The Labute approximate surface area is 77.0 Å². The Hall–Kier alpha value is -0.570. The minimum Gasteiger partial charge on any atom is -0.466 e. The van der Waals surface area contributed by atoms with Crippen LogP contribution in [0.15, 0.2) is 0 Å². The van der Waals surface area contributed by atoms with Crippen LogP contribution in [-0.2, 0) is 14.3 Å². The highest BCUT2D eigenvalue weighted by molar-refractivity contribution is 6.63. The second-order valence-electron chi connectivity index (χ2n) is 2.55. The maximum Gasteiger partial charge on any atom is 0.305 e. The number of carbonyl (C=O) groups is 2. The molecular weight excluding hydrogens is 180 g/mol. The first-order chi connectivity index (χ1) is 5.57. The van der Waals surface area contributed by atoms with Crippen molar-refractivity contribution in [3.63, 3.8) is 0 Å². The third kappa shape index (κ3) is 5.13. The molecule has 1 unspecified atom stereocenters. The lowest BCUT2D eigenvalue weighted by molar-refractivity contribution is -0.143. The van der Waals surface area contributed by atoms with Gasteiger partial charge < -0.3 is 4.74 Å². The summed E-state index contributed by atoms with van der Waals surface area (Å²) in [7, 11) is 0. The molecule has 0 saturated carbocycles. The summed E-state index contributed by atoms with van der Waals surface area (Å²) in [5.74, 6) is -0.543. The van der Waals surface area contributed by atoms with E-state index in [4.69, 9.17) is 11.6 Å². The van der Waals surface area contributed by atoms with Gasteiger partial charge in [-0.3, -0.25) is 9.59 Å². The largest absolute Gasteiger partial charge is 0.466 e. The summed E-state index contributed by atoms with van der Waals surface area (Å²) < 4.78 is 4.68. The van der Waals surface area contributed by atoms with Crippen LogP contribution in [-0.4, -0.2) is 17.8 Å². The Morgan fingerprint density at radius 3 is 2.50 bits per heavy atom. The molecule has 0 heterocycles. The zero-order valence-corrected chi connectivity index (χ0v) is 8.06. The van der Waals surface area contributed by atoms with Crippen LogP contribution < -0.4 is 0 Å². The monoisotopic (exact) mass is 192 g/mol. The SMILES string of the molecule is CCOC(=O)CCC(C)C(=O)Cl. The number of esters is 1. The van der Waals surface area contributed by atoms with Crippen molar-refractivity contribution in [2.24, 2.45) is 5.92 Å². The van der Waals surface area contributed by atoms with Gasteiger partial charge in [-0.25, -0.2) is 0 Å². The highest BCUT2D eigenvalue weighted by atomic mass is 35.5. The second-order valence-corrected chi connectivity index (χ2v) is 2.92. The zero-order valence-electron chi connectivity index (χ0n) is 7.30. The molecule has 0 radical (unpaired) electrons. The van der Waals surface area contributed by atoms with E-state index in [0.29, 0.717) is 13.0 Å². The van der Waals surface area contributed by atoms with Gasteiger partial charge in [-0.05, 0) is 24.9 Å². The zero-order chi connectivity index (χ0) is 9.56. The first-order valence-electron chi connectivity index (χ1n) is 3.92. The molecule has 12 heavy (non-hydrogen) atoms. The van der Waals surface area contributed by atoms with Gasteiger partial charge in [0.1, 0.15) is 0 Å². The quantitative estimate of drug-likeness (QED) is 0.492. The molecule has 0 aliphatic carbocycles. The van der Waals surface area contributed by atoms with E-state index in [1.54, 1.807) is 13.8 Å². The first kappa shape index (κ1) is 11.4. The molecule has 0 aromatic rings. The molecule has 0 spiro atoms. The van der Waals surface area contributed by atoms with Gasteiger partial charge in [0.05, 0.1) is 6.61 Å². The van der Waals surface area contributed by atoms with Crippen molar-refractivity contribution in [1.29, 1.82) is 0 Å². The van der Waals surface area contributed by atoms with Crippen LogP contribution in [0.5, 0.6) is 0 Å². The van der Waals surface area contributed by atoms with Gasteiger partial charge in [0.2, 0.25) is 5.24 Å². The van der Waals surface area contributed by atoms with Crippen molar-refractivity contribution >= 4 is 22.8 Å². The van der Waals surface area contributed by atoms with Crippen LogP contribution in [0.2, 0.25) is 0 Å². The molecule has 0 rings (SSSR count). The molecule has 3 nitrogen and oxygen atoms in total. The average molecular weight is 193 g/mol. The van der Waals surface area contributed by atoms with E-state index >= 15 is 0 Å². The summed E-state index contributed by atoms with van der Waals surface area (Å²) in [6.45, 7) is 3.81. The Morgan fingerprint density at radius 2 is 2.08 bits per heavy atom. The van der Waals surface area contributed by atoms with Crippen molar-refractivity contribution in [3.05, 3.63) is 0 Å². The predicted molar refractivity (Wildman–Crippen MR) is 45.9 cm³/mol. The van der Waals surface area contributed by atoms with Gasteiger partial charge in [-0.15, -0.1) is 0 Å². The molecule has 0 aliphatic rings. The lowest BCUT2D eigenvalue weighted by atomic mass is 10.1. The maximum atomic E-state index is 10.8. The lowest BCUT2D eigenvalue weighted by Crippen LogP contribution is -2.09. The van der Waals surface area contributed by atoms with Crippen molar-refractivity contribution in [3.8, 4) is 0 Å². The minimum absolute atomic E-state index is 0.257. The molecule has 0 saturated heterocycles. The smallest absolute Gasteiger partial charge is 0.305 e. The van der Waals surface area contributed by atoms with Crippen molar-refractivity contribution in [1.82, 2.24) is 0 Å². The lowest BCUT2D eigenvalue weighted by Gasteiger charge is -2.04. The van der Waals surface area contributed by atoms with Gasteiger partial charge in [0, 0.05) is 12.3 Å². The molecule has 0 aromatic heterocycles. The van der Waals surface area contributed by atoms with E-state index in [1.807, 2.05) is 0 Å².